The monoisotopic (exact) mass is 230 g/mol. The van der Waals surface area contributed by atoms with Crippen molar-refractivity contribution in [2.75, 3.05) is 18.4 Å². The van der Waals surface area contributed by atoms with Crippen LogP contribution in [0, 0.1) is 19.3 Å². The molecule has 1 amide bonds. The van der Waals surface area contributed by atoms with Gasteiger partial charge in [0.05, 0.1) is 13.1 Å². The Labute approximate surface area is 103 Å². The van der Waals surface area contributed by atoms with Gasteiger partial charge in [-0.1, -0.05) is 18.9 Å². The van der Waals surface area contributed by atoms with E-state index in [2.05, 4.69) is 23.5 Å². The Morgan fingerprint density at radius 3 is 2.82 bits per heavy atom. The molecule has 0 atom stereocenters. The molecule has 1 aromatic rings. The molecule has 0 spiro atoms. The average Bonchev–Trinajstić information content (AvgIpc) is 2.29. The Morgan fingerprint density at radius 2 is 2.24 bits per heavy atom. The molecule has 1 rings (SSSR count). The lowest BCUT2D eigenvalue weighted by atomic mass is 10.1. The van der Waals surface area contributed by atoms with Crippen molar-refractivity contribution in [2.24, 2.45) is 0 Å². The van der Waals surface area contributed by atoms with Crippen LogP contribution in [0.4, 0.5) is 5.69 Å². The number of hydrogen-bond acceptors (Lipinski definition) is 2. The molecule has 0 unspecified atom stereocenters. The highest BCUT2D eigenvalue weighted by Gasteiger charge is 2.03. The zero-order chi connectivity index (χ0) is 12.7. The summed E-state index contributed by atoms with van der Waals surface area (Å²) >= 11 is 0. The molecule has 90 valence electrons. The van der Waals surface area contributed by atoms with Crippen LogP contribution >= 0.6 is 0 Å². The van der Waals surface area contributed by atoms with Crippen LogP contribution < -0.4 is 10.6 Å². The summed E-state index contributed by atoms with van der Waals surface area (Å²) in [5.74, 6) is 2.34. The van der Waals surface area contributed by atoms with Crippen LogP contribution in [0.1, 0.15) is 18.1 Å². The second-order valence-electron chi connectivity index (χ2n) is 3.85. The first-order valence-corrected chi connectivity index (χ1v) is 5.71. The lowest BCUT2D eigenvalue weighted by Crippen LogP contribution is -2.28. The minimum absolute atomic E-state index is 0.0797. The minimum Gasteiger partial charge on any atom is -0.325 e. The van der Waals surface area contributed by atoms with Gasteiger partial charge in [0.25, 0.3) is 0 Å². The van der Waals surface area contributed by atoms with E-state index < -0.39 is 0 Å². The second kappa shape index (κ2) is 6.72. The van der Waals surface area contributed by atoms with E-state index in [1.807, 2.05) is 25.1 Å². The molecule has 0 radical (unpaired) electrons. The number of terminal acetylenes is 1. The number of carbonyl (C=O) groups excluding carboxylic acids is 1. The molecule has 0 fully saturated rings. The zero-order valence-electron chi connectivity index (χ0n) is 10.3. The highest BCUT2D eigenvalue weighted by atomic mass is 16.1. The van der Waals surface area contributed by atoms with Crippen molar-refractivity contribution < 1.29 is 4.79 Å². The van der Waals surface area contributed by atoms with Crippen molar-refractivity contribution in [1.82, 2.24) is 5.32 Å². The summed E-state index contributed by atoms with van der Waals surface area (Å²) in [5, 5.41) is 5.67. The fraction of sp³-hybridized carbons (Fsp3) is 0.357. The molecule has 0 aliphatic rings. The molecule has 0 aromatic heterocycles. The third-order valence-corrected chi connectivity index (χ3v) is 2.52. The topological polar surface area (TPSA) is 41.1 Å². The number of anilines is 1. The molecule has 0 bridgehead atoms. The van der Waals surface area contributed by atoms with E-state index in [0.29, 0.717) is 6.54 Å². The Balaban J connectivity index is 2.54. The fourth-order valence-corrected chi connectivity index (χ4v) is 1.62. The maximum Gasteiger partial charge on any atom is 0.238 e. The third-order valence-electron chi connectivity index (χ3n) is 2.52. The van der Waals surface area contributed by atoms with Gasteiger partial charge in [-0.25, -0.2) is 0 Å². The first kappa shape index (κ1) is 13.3. The van der Waals surface area contributed by atoms with Crippen LogP contribution in [0.2, 0.25) is 0 Å². The Bertz CT molecular complexity index is 432. The van der Waals surface area contributed by atoms with Gasteiger partial charge in [-0.3, -0.25) is 10.1 Å². The van der Waals surface area contributed by atoms with Crippen molar-refractivity contribution in [3.63, 3.8) is 0 Å². The van der Waals surface area contributed by atoms with Crippen molar-refractivity contribution >= 4 is 11.6 Å². The van der Waals surface area contributed by atoms with E-state index >= 15 is 0 Å². The molecule has 0 heterocycles. The van der Waals surface area contributed by atoms with Gasteiger partial charge in [0.15, 0.2) is 0 Å². The summed E-state index contributed by atoms with van der Waals surface area (Å²) in [6, 6.07) is 5.95. The molecule has 2 N–H and O–H groups in total. The first-order valence-electron chi connectivity index (χ1n) is 5.71. The number of rotatable bonds is 5. The molecular weight excluding hydrogens is 212 g/mol. The van der Waals surface area contributed by atoms with E-state index in [1.165, 1.54) is 11.1 Å². The Kier molecular flexibility index (Phi) is 5.25. The predicted molar refractivity (Wildman–Crippen MR) is 70.9 cm³/mol. The number of benzene rings is 1. The summed E-state index contributed by atoms with van der Waals surface area (Å²) in [7, 11) is 0. The Hall–Kier alpha value is -1.79. The van der Waals surface area contributed by atoms with Gasteiger partial charge in [0.2, 0.25) is 5.91 Å². The molecule has 0 saturated carbocycles. The molecule has 0 aliphatic heterocycles. The molecule has 0 aliphatic carbocycles. The predicted octanol–water partition coefficient (Wildman–Crippen LogP) is 1.72. The van der Waals surface area contributed by atoms with E-state index in [-0.39, 0.29) is 12.5 Å². The number of aryl methyl sites for hydroxylation is 2. The first-order chi connectivity index (χ1) is 8.17. The van der Waals surface area contributed by atoms with Crippen LogP contribution in [-0.4, -0.2) is 19.0 Å². The quantitative estimate of drug-likeness (QED) is 0.597. The average molecular weight is 230 g/mol. The van der Waals surface area contributed by atoms with Gasteiger partial charge in [0.1, 0.15) is 0 Å². The summed E-state index contributed by atoms with van der Waals surface area (Å²) in [5.41, 5.74) is 3.32. The zero-order valence-corrected chi connectivity index (χ0v) is 10.3. The largest absolute Gasteiger partial charge is 0.325 e. The van der Waals surface area contributed by atoms with E-state index in [4.69, 9.17) is 6.42 Å². The van der Waals surface area contributed by atoms with Crippen LogP contribution in [-0.2, 0) is 11.2 Å². The standard InChI is InChI=1S/C14H18N2O/c1-4-8-15-10-14(17)16-13-7-6-12(5-2)11(3)9-13/h1,6-7,9,15H,5,8,10H2,2-3H3,(H,16,17). The van der Waals surface area contributed by atoms with Crippen molar-refractivity contribution in [1.29, 1.82) is 0 Å². The Morgan fingerprint density at radius 1 is 1.47 bits per heavy atom. The molecule has 3 heteroatoms. The van der Waals surface area contributed by atoms with Gasteiger partial charge < -0.3 is 5.32 Å². The molecule has 1 aromatic carbocycles. The molecular formula is C14H18N2O. The maximum absolute atomic E-state index is 11.5. The second-order valence-corrected chi connectivity index (χ2v) is 3.85. The van der Waals surface area contributed by atoms with Crippen LogP contribution in [0.5, 0.6) is 0 Å². The molecule has 17 heavy (non-hydrogen) atoms. The highest BCUT2D eigenvalue weighted by Crippen LogP contribution is 2.15. The van der Waals surface area contributed by atoms with Crippen molar-refractivity contribution in [2.45, 2.75) is 20.3 Å². The normalized spacial score (nSPS) is 9.71. The van der Waals surface area contributed by atoms with Gasteiger partial charge in [-0.15, -0.1) is 6.42 Å². The van der Waals surface area contributed by atoms with Gasteiger partial charge >= 0.3 is 0 Å². The van der Waals surface area contributed by atoms with Crippen molar-refractivity contribution in [3.05, 3.63) is 29.3 Å². The van der Waals surface area contributed by atoms with Crippen molar-refractivity contribution in [3.8, 4) is 12.3 Å². The summed E-state index contributed by atoms with van der Waals surface area (Å²) < 4.78 is 0. The summed E-state index contributed by atoms with van der Waals surface area (Å²) in [6.07, 6.45) is 6.08. The maximum atomic E-state index is 11.5. The highest BCUT2D eigenvalue weighted by molar-refractivity contribution is 5.92. The van der Waals surface area contributed by atoms with Crippen LogP contribution in [0.3, 0.4) is 0 Å². The van der Waals surface area contributed by atoms with E-state index in [1.54, 1.807) is 0 Å². The van der Waals surface area contributed by atoms with Gasteiger partial charge in [-0.2, -0.15) is 0 Å². The lowest BCUT2D eigenvalue weighted by Gasteiger charge is -2.08. The van der Waals surface area contributed by atoms with Crippen LogP contribution in [0.15, 0.2) is 18.2 Å². The fourth-order valence-electron chi connectivity index (χ4n) is 1.62. The summed E-state index contributed by atoms with van der Waals surface area (Å²) in [4.78, 5) is 11.5. The summed E-state index contributed by atoms with van der Waals surface area (Å²) in [6.45, 7) is 4.80. The van der Waals surface area contributed by atoms with E-state index in [0.717, 1.165) is 12.1 Å². The SMILES string of the molecule is C#CCNCC(=O)Nc1ccc(CC)c(C)c1. The van der Waals surface area contributed by atoms with Crippen LogP contribution in [0.25, 0.3) is 0 Å². The molecule has 3 nitrogen and oxygen atoms in total. The number of nitrogens with one attached hydrogen (secondary N) is 2. The number of amides is 1. The minimum atomic E-state index is -0.0797. The van der Waals surface area contributed by atoms with E-state index in [9.17, 15) is 4.79 Å². The smallest absolute Gasteiger partial charge is 0.238 e. The van der Waals surface area contributed by atoms with Gasteiger partial charge in [0, 0.05) is 5.69 Å². The number of carbonyl (C=O) groups is 1. The lowest BCUT2D eigenvalue weighted by molar-refractivity contribution is -0.115. The third kappa shape index (κ3) is 4.29. The van der Waals surface area contributed by atoms with Gasteiger partial charge in [-0.05, 0) is 36.6 Å². The number of hydrogen-bond donors (Lipinski definition) is 2. The molecule has 0 saturated heterocycles.